The van der Waals surface area contributed by atoms with Crippen LogP contribution in [0.2, 0.25) is 0 Å². The Morgan fingerprint density at radius 1 is 0.900 bits per heavy atom. The highest BCUT2D eigenvalue weighted by Gasteiger charge is 2.17. The molecule has 0 heterocycles. The third-order valence-corrected chi connectivity index (χ3v) is 4.04. The highest BCUT2D eigenvalue weighted by atomic mass is 32.2. The minimum Gasteiger partial charge on any atom is -0.375 e. The first-order chi connectivity index (χ1) is 9.40. The van der Waals surface area contributed by atoms with Crippen LogP contribution in [0, 0.1) is 13.8 Å². The van der Waals surface area contributed by atoms with Gasteiger partial charge in [0.1, 0.15) is 4.90 Å². The SMILES string of the molecule is Cc1ccc(S(=O)(=O)Oc2ccccc(C)c2=O)cc1. The van der Waals surface area contributed by atoms with Gasteiger partial charge in [-0.1, -0.05) is 35.9 Å². The summed E-state index contributed by atoms with van der Waals surface area (Å²) in [6, 6.07) is 12.4. The van der Waals surface area contributed by atoms with Gasteiger partial charge in [-0.25, -0.2) is 0 Å². The Balaban J connectivity index is 2.44. The zero-order chi connectivity index (χ0) is 14.8. The summed E-state index contributed by atoms with van der Waals surface area (Å²) >= 11 is 0. The molecule has 0 spiro atoms. The second-order valence-electron chi connectivity index (χ2n) is 4.45. The molecule has 0 N–H and O–H groups in total. The molecule has 4 nitrogen and oxygen atoms in total. The summed E-state index contributed by atoms with van der Waals surface area (Å²) in [5, 5.41) is 0. The average Bonchev–Trinajstić information content (AvgIpc) is 2.55. The van der Waals surface area contributed by atoms with Gasteiger partial charge in [0.05, 0.1) is 0 Å². The van der Waals surface area contributed by atoms with Gasteiger partial charge >= 0.3 is 10.1 Å². The van der Waals surface area contributed by atoms with Crippen molar-refractivity contribution in [1.82, 2.24) is 0 Å². The van der Waals surface area contributed by atoms with Crippen LogP contribution in [0.5, 0.6) is 5.75 Å². The van der Waals surface area contributed by atoms with Crippen LogP contribution in [0.3, 0.4) is 0 Å². The lowest BCUT2D eigenvalue weighted by molar-refractivity contribution is 0.484. The molecule has 2 rings (SSSR count). The number of rotatable bonds is 3. The van der Waals surface area contributed by atoms with Crippen LogP contribution in [0.25, 0.3) is 0 Å². The van der Waals surface area contributed by atoms with E-state index in [-0.39, 0.29) is 10.6 Å². The monoisotopic (exact) mass is 290 g/mol. The Kier molecular flexibility index (Phi) is 3.90. The second-order valence-corrected chi connectivity index (χ2v) is 5.99. The zero-order valence-electron chi connectivity index (χ0n) is 11.2. The molecule has 0 atom stereocenters. The van der Waals surface area contributed by atoms with E-state index < -0.39 is 15.5 Å². The molecule has 0 bridgehead atoms. The Bertz CT molecular complexity index is 778. The molecule has 0 unspecified atom stereocenters. The fourth-order valence-electron chi connectivity index (χ4n) is 1.63. The van der Waals surface area contributed by atoms with Crippen molar-refractivity contribution in [1.29, 1.82) is 0 Å². The van der Waals surface area contributed by atoms with Crippen LogP contribution in [-0.4, -0.2) is 8.42 Å². The van der Waals surface area contributed by atoms with Crippen LogP contribution in [-0.2, 0) is 10.1 Å². The van der Waals surface area contributed by atoms with Gasteiger partial charge in [-0.05, 0) is 32.0 Å². The van der Waals surface area contributed by atoms with Gasteiger partial charge in [-0.3, -0.25) is 4.79 Å². The third-order valence-electron chi connectivity index (χ3n) is 2.80. The van der Waals surface area contributed by atoms with Gasteiger partial charge < -0.3 is 4.18 Å². The smallest absolute Gasteiger partial charge is 0.339 e. The fourth-order valence-corrected chi connectivity index (χ4v) is 2.56. The molecule has 0 radical (unpaired) electrons. The van der Waals surface area contributed by atoms with Crippen LogP contribution in [0.1, 0.15) is 11.1 Å². The minimum atomic E-state index is -4.00. The Morgan fingerprint density at radius 3 is 2.15 bits per heavy atom. The predicted octanol–water partition coefficient (Wildman–Crippen LogP) is 2.43. The summed E-state index contributed by atoms with van der Waals surface area (Å²) in [5.74, 6) is -0.201. The maximum absolute atomic E-state index is 12.1. The first-order valence-corrected chi connectivity index (χ1v) is 7.42. The minimum absolute atomic E-state index is 0.0201. The molecule has 0 aliphatic carbocycles. The maximum atomic E-state index is 12.1. The molecule has 104 valence electrons. The van der Waals surface area contributed by atoms with E-state index in [1.165, 1.54) is 18.2 Å². The molecule has 0 fully saturated rings. The van der Waals surface area contributed by atoms with Gasteiger partial charge in [-0.15, -0.1) is 0 Å². The average molecular weight is 290 g/mol. The fraction of sp³-hybridized carbons (Fsp3) is 0.133. The molecule has 0 aliphatic rings. The lowest BCUT2D eigenvalue weighted by Gasteiger charge is -2.05. The van der Waals surface area contributed by atoms with Crippen LogP contribution >= 0.6 is 0 Å². The van der Waals surface area contributed by atoms with E-state index in [1.807, 2.05) is 6.92 Å². The highest BCUT2D eigenvalue weighted by molar-refractivity contribution is 7.87. The topological polar surface area (TPSA) is 60.4 Å². The summed E-state index contributed by atoms with van der Waals surface area (Å²) in [7, 11) is -4.00. The summed E-state index contributed by atoms with van der Waals surface area (Å²) in [5.41, 5.74) is 0.921. The summed E-state index contributed by atoms with van der Waals surface area (Å²) in [4.78, 5) is 12.0. The lowest BCUT2D eigenvalue weighted by atomic mass is 10.2. The lowest BCUT2D eigenvalue weighted by Crippen LogP contribution is -2.15. The number of hydrogen-bond acceptors (Lipinski definition) is 4. The molecular formula is C15H14O4S. The van der Waals surface area contributed by atoms with Crippen molar-refractivity contribution in [2.24, 2.45) is 0 Å². The van der Waals surface area contributed by atoms with Crippen LogP contribution in [0.15, 0.2) is 58.2 Å². The van der Waals surface area contributed by atoms with Crippen molar-refractivity contribution >= 4 is 10.1 Å². The number of hydrogen-bond donors (Lipinski definition) is 0. The van der Waals surface area contributed by atoms with Gasteiger partial charge in [0, 0.05) is 5.56 Å². The van der Waals surface area contributed by atoms with E-state index in [0.29, 0.717) is 5.56 Å². The zero-order valence-corrected chi connectivity index (χ0v) is 12.0. The molecule has 20 heavy (non-hydrogen) atoms. The largest absolute Gasteiger partial charge is 0.375 e. The molecule has 0 saturated heterocycles. The number of benzene rings is 1. The van der Waals surface area contributed by atoms with E-state index in [9.17, 15) is 13.2 Å². The van der Waals surface area contributed by atoms with Crippen molar-refractivity contribution in [2.45, 2.75) is 18.7 Å². The van der Waals surface area contributed by atoms with E-state index in [2.05, 4.69) is 0 Å². The second kappa shape index (κ2) is 5.46. The normalized spacial score (nSPS) is 11.1. The third kappa shape index (κ3) is 3.05. The van der Waals surface area contributed by atoms with Crippen LogP contribution < -0.4 is 9.61 Å². The molecule has 5 heteroatoms. The van der Waals surface area contributed by atoms with Gasteiger partial charge in [0.2, 0.25) is 5.43 Å². The van der Waals surface area contributed by atoms with Crippen molar-refractivity contribution in [2.75, 3.05) is 0 Å². The van der Waals surface area contributed by atoms with Crippen molar-refractivity contribution in [3.05, 3.63) is 69.9 Å². The molecule has 2 aromatic rings. The van der Waals surface area contributed by atoms with Crippen molar-refractivity contribution in [3.63, 3.8) is 0 Å². The van der Waals surface area contributed by atoms with E-state index in [4.69, 9.17) is 4.18 Å². The molecule has 0 saturated carbocycles. The van der Waals surface area contributed by atoms with Gasteiger partial charge in [0.25, 0.3) is 0 Å². The number of aryl methyl sites for hydroxylation is 2. The molecule has 2 aromatic carbocycles. The van der Waals surface area contributed by atoms with E-state index >= 15 is 0 Å². The summed E-state index contributed by atoms with van der Waals surface area (Å²) < 4.78 is 29.2. The Labute approximate surface area is 117 Å². The summed E-state index contributed by atoms with van der Waals surface area (Å²) in [6.07, 6.45) is 0. The first-order valence-electron chi connectivity index (χ1n) is 6.01. The molecule has 0 aliphatic heterocycles. The Morgan fingerprint density at radius 2 is 1.50 bits per heavy atom. The summed E-state index contributed by atoms with van der Waals surface area (Å²) in [6.45, 7) is 3.46. The van der Waals surface area contributed by atoms with E-state index in [1.54, 1.807) is 37.3 Å². The van der Waals surface area contributed by atoms with Crippen LogP contribution in [0.4, 0.5) is 0 Å². The highest BCUT2D eigenvalue weighted by Crippen LogP contribution is 2.16. The first kappa shape index (κ1) is 14.3. The van der Waals surface area contributed by atoms with Crippen molar-refractivity contribution < 1.29 is 12.6 Å². The van der Waals surface area contributed by atoms with Gasteiger partial charge in [0.15, 0.2) is 5.75 Å². The predicted molar refractivity (Wildman–Crippen MR) is 76.4 cm³/mol. The van der Waals surface area contributed by atoms with Crippen molar-refractivity contribution in [3.8, 4) is 5.75 Å². The maximum Gasteiger partial charge on any atom is 0.339 e. The van der Waals surface area contributed by atoms with Gasteiger partial charge in [-0.2, -0.15) is 8.42 Å². The standard InChI is InChI=1S/C15H14O4S/c1-11-7-9-13(10-8-11)20(17,18)19-14-6-4-3-5-12(2)15(14)16/h3-10H,1-2H3. The van der Waals surface area contributed by atoms with E-state index in [0.717, 1.165) is 5.56 Å². The molecule has 0 amide bonds. The molecule has 0 aromatic heterocycles. The Hall–Kier alpha value is -2.14. The molecular weight excluding hydrogens is 276 g/mol. The quantitative estimate of drug-likeness (QED) is 0.815.